The molecule has 0 N–H and O–H groups in total. The Bertz CT molecular complexity index is 377. The maximum atomic E-state index is 11.6. The van der Waals surface area contributed by atoms with Crippen LogP contribution < -0.4 is 4.90 Å². The van der Waals surface area contributed by atoms with E-state index in [1.54, 1.807) is 17.0 Å². The molecule has 1 aliphatic heterocycles. The van der Waals surface area contributed by atoms with E-state index in [0.29, 0.717) is 18.2 Å². The summed E-state index contributed by atoms with van der Waals surface area (Å²) in [6.45, 7) is 1.28. The molecule has 0 aromatic heterocycles. The first-order chi connectivity index (χ1) is 7.16. The van der Waals surface area contributed by atoms with Crippen LogP contribution in [0.4, 0.5) is 5.69 Å². The standard InChI is InChI=1S/C10H9BrClNO2/c11-7-3-8(12)5-9(4-7)13-1-2-15-6-10(13)14/h3-5H,1-2,6H2. The Morgan fingerprint density at radius 2 is 2.20 bits per heavy atom. The SMILES string of the molecule is O=C1COCCN1c1cc(Cl)cc(Br)c1. The van der Waals surface area contributed by atoms with E-state index in [1.165, 1.54) is 0 Å². The van der Waals surface area contributed by atoms with Crippen LogP contribution in [0, 0.1) is 0 Å². The van der Waals surface area contributed by atoms with Gasteiger partial charge in [-0.15, -0.1) is 0 Å². The fourth-order valence-corrected chi connectivity index (χ4v) is 2.33. The van der Waals surface area contributed by atoms with Gasteiger partial charge in [0.15, 0.2) is 0 Å². The van der Waals surface area contributed by atoms with Crippen LogP contribution in [0.2, 0.25) is 5.02 Å². The predicted octanol–water partition coefficient (Wildman–Crippen LogP) is 2.47. The number of hydrogen-bond acceptors (Lipinski definition) is 2. The molecular weight excluding hydrogens is 281 g/mol. The number of anilines is 1. The Morgan fingerprint density at radius 1 is 1.40 bits per heavy atom. The number of amides is 1. The normalized spacial score (nSPS) is 16.9. The largest absolute Gasteiger partial charge is 0.370 e. The molecule has 0 unspecified atom stereocenters. The van der Waals surface area contributed by atoms with Gasteiger partial charge in [-0.2, -0.15) is 0 Å². The van der Waals surface area contributed by atoms with E-state index in [4.69, 9.17) is 16.3 Å². The zero-order chi connectivity index (χ0) is 10.8. The van der Waals surface area contributed by atoms with Gasteiger partial charge in [-0.3, -0.25) is 4.79 Å². The van der Waals surface area contributed by atoms with Crippen molar-refractivity contribution in [3.05, 3.63) is 27.7 Å². The molecule has 80 valence electrons. The van der Waals surface area contributed by atoms with Gasteiger partial charge in [0.1, 0.15) is 6.61 Å². The molecule has 0 bridgehead atoms. The van der Waals surface area contributed by atoms with Gasteiger partial charge in [-0.25, -0.2) is 0 Å². The molecule has 1 amide bonds. The number of carbonyl (C=O) groups is 1. The van der Waals surface area contributed by atoms with Crippen molar-refractivity contribution in [3.8, 4) is 0 Å². The second-order valence-corrected chi connectivity index (χ2v) is 4.58. The van der Waals surface area contributed by atoms with Gasteiger partial charge >= 0.3 is 0 Å². The second kappa shape index (κ2) is 4.51. The molecule has 1 saturated heterocycles. The summed E-state index contributed by atoms with van der Waals surface area (Å²) in [5.74, 6) is -0.0320. The van der Waals surface area contributed by atoms with E-state index in [0.717, 1.165) is 10.2 Å². The topological polar surface area (TPSA) is 29.5 Å². The molecular formula is C10H9BrClNO2. The van der Waals surface area contributed by atoms with E-state index in [2.05, 4.69) is 15.9 Å². The number of morpholine rings is 1. The number of halogens is 2. The molecule has 2 rings (SSSR count). The van der Waals surface area contributed by atoms with Crippen LogP contribution in [-0.2, 0) is 9.53 Å². The average Bonchev–Trinajstić information content (AvgIpc) is 2.16. The number of hydrogen-bond donors (Lipinski definition) is 0. The van der Waals surface area contributed by atoms with Gasteiger partial charge in [0.05, 0.1) is 6.61 Å². The minimum absolute atomic E-state index is 0.0320. The summed E-state index contributed by atoms with van der Waals surface area (Å²) in [7, 11) is 0. The maximum Gasteiger partial charge on any atom is 0.253 e. The molecule has 0 spiro atoms. The van der Waals surface area contributed by atoms with Crippen molar-refractivity contribution >= 4 is 39.1 Å². The molecule has 1 aromatic rings. The first-order valence-corrected chi connectivity index (χ1v) is 5.68. The smallest absolute Gasteiger partial charge is 0.253 e. The third-order valence-electron chi connectivity index (χ3n) is 2.14. The zero-order valence-corrected chi connectivity index (χ0v) is 10.2. The molecule has 0 aliphatic carbocycles. The van der Waals surface area contributed by atoms with Gasteiger partial charge in [0.25, 0.3) is 5.91 Å². The molecule has 3 nitrogen and oxygen atoms in total. The van der Waals surface area contributed by atoms with E-state index in [1.807, 2.05) is 6.07 Å². The number of benzene rings is 1. The fourth-order valence-electron chi connectivity index (χ4n) is 1.49. The summed E-state index contributed by atoms with van der Waals surface area (Å²) in [5.41, 5.74) is 0.808. The first kappa shape index (κ1) is 10.9. The lowest BCUT2D eigenvalue weighted by Gasteiger charge is -2.27. The quantitative estimate of drug-likeness (QED) is 0.795. The van der Waals surface area contributed by atoms with Crippen molar-refractivity contribution in [2.45, 2.75) is 0 Å². The molecule has 0 radical (unpaired) electrons. The van der Waals surface area contributed by atoms with Crippen molar-refractivity contribution in [3.63, 3.8) is 0 Å². The highest BCUT2D eigenvalue weighted by molar-refractivity contribution is 9.10. The van der Waals surface area contributed by atoms with Gasteiger partial charge in [-0.05, 0) is 18.2 Å². The summed E-state index contributed by atoms with van der Waals surface area (Å²) >= 11 is 9.26. The first-order valence-electron chi connectivity index (χ1n) is 4.51. The number of ether oxygens (including phenoxy) is 1. The lowest BCUT2D eigenvalue weighted by atomic mass is 10.2. The summed E-state index contributed by atoms with van der Waals surface area (Å²) in [4.78, 5) is 13.2. The summed E-state index contributed by atoms with van der Waals surface area (Å²) in [5, 5.41) is 0.610. The molecule has 0 saturated carbocycles. The van der Waals surface area contributed by atoms with Crippen molar-refractivity contribution in [2.75, 3.05) is 24.7 Å². The Hall–Kier alpha value is -0.580. The van der Waals surface area contributed by atoms with Crippen LogP contribution in [0.5, 0.6) is 0 Å². The molecule has 0 atom stereocenters. The monoisotopic (exact) mass is 289 g/mol. The molecule has 5 heteroatoms. The van der Waals surface area contributed by atoms with E-state index < -0.39 is 0 Å². The van der Waals surface area contributed by atoms with Gasteiger partial charge in [0.2, 0.25) is 0 Å². The zero-order valence-electron chi connectivity index (χ0n) is 7.87. The molecule has 1 aliphatic rings. The van der Waals surface area contributed by atoms with Crippen LogP contribution in [0.25, 0.3) is 0 Å². The van der Waals surface area contributed by atoms with Crippen molar-refractivity contribution < 1.29 is 9.53 Å². The minimum atomic E-state index is -0.0320. The highest BCUT2D eigenvalue weighted by Gasteiger charge is 2.20. The Labute approximate surface area is 101 Å². The number of nitrogens with zero attached hydrogens (tertiary/aromatic N) is 1. The lowest BCUT2D eigenvalue weighted by molar-refractivity contribution is -0.125. The van der Waals surface area contributed by atoms with Crippen LogP contribution in [0.3, 0.4) is 0 Å². The van der Waals surface area contributed by atoms with Crippen LogP contribution in [-0.4, -0.2) is 25.7 Å². The summed E-state index contributed by atoms with van der Waals surface area (Å²) < 4.78 is 5.92. The van der Waals surface area contributed by atoms with Gasteiger partial charge in [0, 0.05) is 21.7 Å². The Kier molecular flexibility index (Phi) is 3.29. The highest BCUT2D eigenvalue weighted by Crippen LogP contribution is 2.26. The van der Waals surface area contributed by atoms with Crippen molar-refractivity contribution in [2.24, 2.45) is 0 Å². The predicted molar refractivity (Wildman–Crippen MR) is 62.3 cm³/mol. The fraction of sp³-hybridized carbons (Fsp3) is 0.300. The van der Waals surface area contributed by atoms with Crippen LogP contribution >= 0.6 is 27.5 Å². The summed E-state index contributed by atoms with van der Waals surface area (Å²) in [6, 6.07) is 5.43. The molecule has 15 heavy (non-hydrogen) atoms. The minimum Gasteiger partial charge on any atom is -0.370 e. The second-order valence-electron chi connectivity index (χ2n) is 3.23. The Balaban J connectivity index is 2.31. The Morgan fingerprint density at radius 3 is 2.87 bits per heavy atom. The molecule has 1 fully saturated rings. The van der Waals surface area contributed by atoms with E-state index in [-0.39, 0.29) is 12.5 Å². The summed E-state index contributed by atoms with van der Waals surface area (Å²) in [6.07, 6.45) is 0. The molecule has 1 heterocycles. The van der Waals surface area contributed by atoms with E-state index >= 15 is 0 Å². The van der Waals surface area contributed by atoms with Gasteiger partial charge in [-0.1, -0.05) is 27.5 Å². The lowest BCUT2D eigenvalue weighted by Crippen LogP contribution is -2.41. The van der Waals surface area contributed by atoms with Crippen molar-refractivity contribution in [1.82, 2.24) is 0 Å². The van der Waals surface area contributed by atoms with Gasteiger partial charge < -0.3 is 9.64 Å². The average molecular weight is 291 g/mol. The van der Waals surface area contributed by atoms with Crippen LogP contribution in [0.1, 0.15) is 0 Å². The number of carbonyl (C=O) groups excluding carboxylic acids is 1. The third-order valence-corrected chi connectivity index (χ3v) is 2.82. The van der Waals surface area contributed by atoms with Crippen LogP contribution in [0.15, 0.2) is 22.7 Å². The number of rotatable bonds is 1. The van der Waals surface area contributed by atoms with Crippen molar-refractivity contribution in [1.29, 1.82) is 0 Å². The van der Waals surface area contributed by atoms with E-state index in [9.17, 15) is 4.79 Å². The highest BCUT2D eigenvalue weighted by atomic mass is 79.9. The third kappa shape index (κ3) is 2.51. The molecule has 1 aromatic carbocycles. The maximum absolute atomic E-state index is 11.6.